The quantitative estimate of drug-likeness (QED) is 0.714. The van der Waals surface area contributed by atoms with E-state index in [2.05, 4.69) is 10.5 Å². The molecule has 178 valence electrons. The minimum Gasteiger partial charge on any atom is -0.490 e. The highest BCUT2D eigenvalue weighted by Crippen LogP contribution is 2.50. The fourth-order valence-electron chi connectivity index (χ4n) is 4.32. The Bertz CT molecular complexity index is 989. The van der Waals surface area contributed by atoms with E-state index >= 15 is 0 Å². The van der Waals surface area contributed by atoms with Crippen molar-refractivity contribution in [2.75, 3.05) is 20.1 Å². The molecule has 1 saturated heterocycles. The summed E-state index contributed by atoms with van der Waals surface area (Å²) in [5, 5.41) is 6.04. The van der Waals surface area contributed by atoms with E-state index in [-0.39, 0.29) is 29.6 Å². The average Bonchev–Trinajstić information content (AvgIpc) is 3.25. The van der Waals surface area contributed by atoms with Crippen LogP contribution in [0.5, 0.6) is 5.75 Å². The molecule has 2 heterocycles. The highest BCUT2D eigenvalue weighted by atomic mass is 19.4. The van der Waals surface area contributed by atoms with Crippen molar-refractivity contribution in [1.29, 1.82) is 0 Å². The number of carbonyl (C=O) groups excluding carboxylic acids is 2. The predicted octanol–water partition coefficient (Wildman–Crippen LogP) is 4.01. The molecule has 2 aliphatic rings. The van der Waals surface area contributed by atoms with Gasteiger partial charge in [-0.2, -0.15) is 13.2 Å². The van der Waals surface area contributed by atoms with Crippen molar-refractivity contribution >= 4 is 12.0 Å². The lowest BCUT2D eigenvalue weighted by atomic mass is 9.61. The van der Waals surface area contributed by atoms with Crippen molar-refractivity contribution < 1.29 is 36.8 Å². The zero-order valence-corrected chi connectivity index (χ0v) is 18.0. The van der Waals surface area contributed by atoms with Crippen LogP contribution in [-0.2, 0) is 17.5 Å². The molecule has 11 heteroatoms. The Balaban J connectivity index is 1.19. The number of halogens is 3. The van der Waals surface area contributed by atoms with Crippen molar-refractivity contribution in [2.24, 2.45) is 5.41 Å². The number of benzene rings is 1. The maximum Gasteiger partial charge on any atom is 0.416 e. The molecule has 1 aliphatic carbocycles. The molecule has 1 aliphatic heterocycles. The van der Waals surface area contributed by atoms with Crippen LogP contribution in [0.2, 0.25) is 0 Å². The van der Waals surface area contributed by atoms with Gasteiger partial charge in [-0.3, -0.25) is 4.79 Å². The van der Waals surface area contributed by atoms with Gasteiger partial charge in [0.15, 0.2) is 18.1 Å². The molecule has 1 aromatic carbocycles. The van der Waals surface area contributed by atoms with Crippen molar-refractivity contribution in [3.8, 4) is 5.75 Å². The average molecular weight is 467 g/mol. The monoisotopic (exact) mass is 467 g/mol. The summed E-state index contributed by atoms with van der Waals surface area (Å²) in [6.07, 6.45) is -1.65. The maximum atomic E-state index is 12.7. The third-order valence-electron chi connectivity index (χ3n) is 6.24. The normalized spacial score (nSPS) is 18.0. The number of piperidine rings is 1. The minimum atomic E-state index is -4.36. The van der Waals surface area contributed by atoms with E-state index in [4.69, 9.17) is 14.0 Å². The number of nitrogens with one attached hydrogen (secondary N) is 1. The van der Waals surface area contributed by atoms with E-state index in [1.54, 1.807) is 4.90 Å². The van der Waals surface area contributed by atoms with E-state index in [0.717, 1.165) is 37.8 Å². The fraction of sp³-hybridized carbons (Fsp3) is 0.500. The van der Waals surface area contributed by atoms with E-state index in [9.17, 15) is 22.8 Å². The molecule has 33 heavy (non-hydrogen) atoms. The summed E-state index contributed by atoms with van der Waals surface area (Å²) >= 11 is 0. The molecule has 4 rings (SSSR count). The van der Waals surface area contributed by atoms with Crippen molar-refractivity contribution in [3.63, 3.8) is 0 Å². The standard InChI is InChI=1S/C22H24F3N3O5/c1-26-19(29)18-10-16(33-27-18)13-31-20(30)28-8-6-21(7-9-28)11-17(12-21)32-15-4-2-14(3-5-15)22(23,24)25/h2-5,10,17H,6-9,11-13H2,1H3,(H,26,29). The number of aromatic nitrogens is 1. The molecule has 2 amide bonds. The molecule has 2 aromatic rings. The molecule has 0 bridgehead atoms. The van der Waals surface area contributed by atoms with Crippen LogP contribution in [0.1, 0.15) is 47.5 Å². The summed E-state index contributed by atoms with van der Waals surface area (Å²) in [6, 6.07) is 6.15. The molecule has 8 nitrogen and oxygen atoms in total. The zero-order chi connectivity index (χ0) is 23.6. The number of amides is 2. The summed E-state index contributed by atoms with van der Waals surface area (Å²) < 4.78 is 54.1. The lowest BCUT2D eigenvalue weighted by Gasteiger charge is -2.51. The van der Waals surface area contributed by atoms with Crippen LogP contribution >= 0.6 is 0 Å². The van der Waals surface area contributed by atoms with E-state index in [1.165, 1.54) is 25.2 Å². The number of rotatable bonds is 5. The van der Waals surface area contributed by atoms with Gasteiger partial charge < -0.3 is 24.2 Å². The third-order valence-corrected chi connectivity index (χ3v) is 6.24. The van der Waals surface area contributed by atoms with Gasteiger partial charge in [0.05, 0.1) is 11.7 Å². The van der Waals surface area contributed by atoms with Gasteiger partial charge in [0.25, 0.3) is 5.91 Å². The Morgan fingerprint density at radius 1 is 1.21 bits per heavy atom. The first-order valence-electron chi connectivity index (χ1n) is 10.6. The smallest absolute Gasteiger partial charge is 0.416 e. The molecule has 1 saturated carbocycles. The van der Waals surface area contributed by atoms with Crippen LogP contribution < -0.4 is 10.1 Å². The third kappa shape index (κ3) is 5.23. The number of carbonyl (C=O) groups is 2. The van der Waals surface area contributed by atoms with Crippen molar-refractivity contribution in [2.45, 2.75) is 44.6 Å². The van der Waals surface area contributed by atoms with Gasteiger partial charge in [0, 0.05) is 26.2 Å². The Morgan fingerprint density at radius 3 is 2.48 bits per heavy atom. The summed E-state index contributed by atoms with van der Waals surface area (Å²) in [6.45, 7) is 0.977. The maximum absolute atomic E-state index is 12.7. The van der Waals surface area contributed by atoms with Crippen molar-refractivity contribution in [3.05, 3.63) is 47.3 Å². The Hall–Kier alpha value is -3.24. The summed E-state index contributed by atoms with van der Waals surface area (Å²) in [4.78, 5) is 25.5. The molecule has 1 N–H and O–H groups in total. The molecule has 1 aromatic heterocycles. The first kappa shape index (κ1) is 22.9. The van der Waals surface area contributed by atoms with Crippen molar-refractivity contribution in [1.82, 2.24) is 15.4 Å². The van der Waals surface area contributed by atoms with Gasteiger partial charge in [-0.25, -0.2) is 4.79 Å². The predicted molar refractivity (Wildman–Crippen MR) is 108 cm³/mol. The van der Waals surface area contributed by atoms with E-state index in [0.29, 0.717) is 18.8 Å². The number of hydrogen-bond donors (Lipinski definition) is 1. The molecule has 2 fully saturated rings. The Morgan fingerprint density at radius 2 is 1.88 bits per heavy atom. The zero-order valence-electron chi connectivity index (χ0n) is 18.0. The molecule has 0 unspecified atom stereocenters. The number of ether oxygens (including phenoxy) is 2. The topological polar surface area (TPSA) is 93.9 Å². The molecular formula is C22H24F3N3O5. The van der Waals surface area contributed by atoms with E-state index in [1.807, 2.05) is 0 Å². The molecule has 0 radical (unpaired) electrons. The molecule has 1 spiro atoms. The summed E-state index contributed by atoms with van der Waals surface area (Å²) in [7, 11) is 1.48. The lowest BCUT2D eigenvalue weighted by molar-refractivity contribution is -0.137. The highest BCUT2D eigenvalue weighted by Gasteiger charge is 2.47. The van der Waals surface area contributed by atoms with Crippen LogP contribution in [0.3, 0.4) is 0 Å². The van der Waals surface area contributed by atoms with Gasteiger partial charge >= 0.3 is 12.3 Å². The second-order valence-corrected chi connectivity index (χ2v) is 8.47. The second kappa shape index (κ2) is 8.95. The number of nitrogens with zero attached hydrogens (tertiary/aromatic N) is 2. The number of alkyl halides is 3. The second-order valence-electron chi connectivity index (χ2n) is 8.47. The summed E-state index contributed by atoms with van der Waals surface area (Å²) in [5.41, 5.74) is -0.503. The Labute approximate surface area is 188 Å². The van der Waals surface area contributed by atoms with Gasteiger partial charge in [-0.05, 0) is 55.4 Å². The SMILES string of the molecule is CNC(=O)c1cc(COC(=O)N2CCC3(CC2)CC(Oc2ccc(C(F)(F)F)cc2)C3)on1. The van der Waals surface area contributed by atoms with Crippen LogP contribution in [0.15, 0.2) is 34.9 Å². The lowest BCUT2D eigenvalue weighted by Crippen LogP contribution is -2.52. The van der Waals surface area contributed by atoms with Gasteiger partial charge in [-0.1, -0.05) is 5.16 Å². The first-order chi connectivity index (χ1) is 15.7. The van der Waals surface area contributed by atoms with Crippen LogP contribution in [0.4, 0.5) is 18.0 Å². The van der Waals surface area contributed by atoms with Crippen LogP contribution in [0.25, 0.3) is 0 Å². The minimum absolute atomic E-state index is 0.0405. The summed E-state index contributed by atoms with van der Waals surface area (Å²) in [5.74, 6) is 0.312. The van der Waals surface area contributed by atoms with Crippen LogP contribution in [0, 0.1) is 5.41 Å². The highest BCUT2D eigenvalue weighted by molar-refractivity contribution is 5.91. The fourth-order valence-corrected chi connectivity index (χ4v) is 4.32. The Kier molecular flexibility index (Phi) is 6.22. The largest absolute Gasteiger partial charge is 0.490 e. The number of hydrogen-bond acceptors (Lipinski definition) is 6. The van der Waals surface area contributed by atoms with Gasteiger partial charge in [-0.15, -0.1) is 0 Å². The van der Waals surface area contributed by atoms with E-state index < -0.39 is 23.7 Å². The van der Waals surface area contributed by atoms with Gasteiger partial charge in [0.2, 0.25) is 0 Å². The first-order valence-corrected chi connectivity index (χ1v) is 10.6. The molecular weight excluding hydrogens is 443 g/mol. The van der Waals surface area contributed by atoms with Gasteiger partial charge in [0.1, 0.15) is 5.75 Å². The number of likely N-dealkylation sites (tertiary alicyclic amines) is 1. The molecule has 0 atom stereocenters. The van der Waals surface area contributed by atoms with Crippen LogP contribution in [-0.4, -0.2) is 48.3 Å².